The molecule has 0 saturated heterocycles. The molecule has 0 aromatic carbocycles. The van der Waals surface area contributed by atoms with Gasteiger partial charge in [0.05, 0.1) is 7.11 Å². The molecular formula is C22H42O2. The van der Waals surface area contributed by atoms with Crippen molar-refractivity contribution in [2.24, 2.45) is 0 Å². The van der Waals surface area contributed by atoms with Gasteiger partial charge >= 0.3 is 5.97 Å². The Morgan fingerprint density at radius 1 is 0.667 bits per heavy atom. The van der Waals surface area contributed by atoms with Crippen LogP contribution in [0.15, 0.2) is 12.2 Å². The molecule has 24 heavy (non-hydrogen) atoms. The van der Waals surface area contributed by atoms with E-state index in [0.717, 1.165) is 12.8 Å². The highest BCUT2D eigenvalue weighted by Crippen LogP contribution is 2.11. The van der Waals surface area contributed by atoms with Crippen LogP contribution in [-0.2, 0) is 9.53 Å². The zero-order chi connectivity index (χ0) is 17.7. The first-order valence-electron chi connectivity index (χ1n) is 10.5. The number of esters is 1. The molecule has 0 N–H and O–H groups in total. The summed E-state index contributed by atoms with van der Waals surface area (Å²) in [6.45, 7) is 2.27. The highest BCUT2D eigenvalue weighted by Gasteiger charge is 1.98. The highest BCUT2D eigenvalue weighted by atomic mass is 16.5. The third-order valence-corrected chi connectivity index (χ3v) is 4.62. The molecule has 0 aliphatic carbocycles. The standard InChI is InChI=1S/C22H42O2/c1-3-4-5-6-7-8-9-10-11-12-13-14-15-16-17-18-19-20-21-22(23)24-2/h10-11H,3-9,12-21H2,1-2H3/b11-10-. The zero-order valence-corrected chi connectivity index (χ0v) is 16.5. The summed E-state index contributed by atoms with van der Waals surface area (Å²) in [5.74, 6) is -0.0699. The Bertz CT molecular complexity index is 284. The number of hydrogen-bond acceptors (Lipinski definition) is 2. The Morgan fingerprint density at radius 2 is 1.08 bits per heavy atom. The van der Waals surface area contributed by atoms with Gasteiger partial charge in [0.2, 0.25) is 0 Å². The molecule has 0 radical (unpaired) electrons. The van der Waals surface area contributed by atoms with E-state index in [1.807, 2.05) is 0 Å². The highest BCUT2D eigenvalue weighted by molar-refractivity contribution is 5.68. The van der Waals surface area contributed by atoms with E-state index in [9.17, 15) is 4.79 Å². The second kappa shape index (κ2) is 20.3. The van der Waals surface area contributed by atoms with Gasteiger partial charge in [-0.15, -0.1) is 0 Å². The molecule has 0 unspecified atom stereocenters. The number of carbonyl (C=O) groups is 1. The van der Waals surface area contributed by atoms with Gasteiger partial charge in [-0.1, -0.05) is 89.7 Å². The van der Waals surface area contributed by atoms with Crippen LogP contribution in [0.2, 0.25) is 0 Å². The molecule has 0 aromatic heterocycles. The van der Waals surface area contributed by atoms with E-state index in [1.165, 1.54) is 97.0 Å². The van der Waals surface area contributed by atoms with E-state index in [4.69, 9.17) is 0 Å². The van der Waals surface area contributed by atoms with Crippen LogP contribution in [0.25, 0.3) is 0 Å². The SMILES string of the molecule is CCCCCCCC/C=C\CCCCCCCCCCC(=O)OC. The lowest BCUT2D eigenvalue weighted by Crippen LogP contribution is -1.99. The summed E-state index contributed by atoms with van der Waals surface area (Å²) in [6.07, 6.45) is 26.4. The van der Waals surface area contributed by atoms with E-state index in [1.54, 1.807) is 0 Å². The minimum atomic E-state index is -0.0699. The van der Waals surface area contributed by atoms with Crippen molar-refractivity contribution in [1.29, 1.82) is 0 Å². The van der Waals surface area contributed by atoms with Crippen LogP contribution in [0.4, 0.5) is 0 Å². The number of carbonyl (C=O) groups excluding carboxylic acids is 1. The van der Waals surface area contributed by atoms with Crippen molar-refractivity contribution in [3.63, 3.8) is 0 Å². The van der Waals surface area contributed by atoms with Crippen molar-refractivity contribution in [1.82, 2.24) is 0 Å². The van der Waals surface area contributed by atoms with Crippen LogP contribution in [0.5, 0.6) is 0 Å². The Morgan fingerprint density at radius 3 is 1.54 bits per heavy atom. The number of rotatable bonds is 18. The second-order valence-electron chi connectivity index (χ2n) is 6.97. The van der Waals surface area contributed by atoms with Crippen molar-refractivity contribution in [2.45, 2.75) is 116 Å². The summed E-state index contributed by atoms with van der Waals surface area (Å²) in [6, 6.07) is 0. The van der Waals surface area contributed by atoms with Crippen LogP contribution >= 0.6 is 0 Å². The normalized spacial score (nSPS) is 11.2. The average Bonchev–Trinajstić information content (AvgIpc) is 2.60. The van der Waals surface area contributed by atoms with Gasteiger partial charge in [0.25, 0.3) is 0 Å². The molecule has 2 heteroatoms. The predicted molar refractivity (Wildman–Crippen MR) is 105 cm³/mol. The largest absolute Gasteiger partial charge is 0.469 e. The fourth-order valence-electron chi connectivity index (χ4n) is 2.97. The fourth-order valence-corrected chi connectivity index (χ4v) is 2.97. The molecular weight excluding hydrogens is 296 g/mol. The molecule has 0 aliphatic heterocycles. The quantitative estimate of drug-likeness (QED) is 0.148. The first kappa shape index (κ1) is 23.2. The van der Waals surface area contributed by atoms with Gasteiger partial charge in [0.15, 0.2) is 0 Å². The molecule has 0 fully saturated rings. The minimum Gasteiger partial charge on any atom is -0.469 e. The molecule has 0 bridgehead atoms. The summed E-state index contributed by atoms with van der Waals surface area (Å²) in [4.78, 5) is 11.0. The molecule has 0 amide bonds. The predicted octanol–water partition coefficient (Wildman–Crippen LogP) is 7.37. The fraction of sp³-hybridized carbons (Fsp3) is 0.864. The van der Waals surface area contributed by atoms with Gasteiger partial charge in [0, 0.05) is 6.42 Å². The number of unbranched alkanes of at least 4 members (excludes halogenated alkanes) is 14. The van der Waals surface area contributed by atoms with Crippen LogP contribution < -0.4 is 0 Å². The van der Waals surface area contributed by atoms with E-state index in [-0.39, 0.29) is 5.97 Å². The van der Waals surface area contributed by atoms with Gasteiger partial charge in [-0.05, 0) is 32.1 Å². The molecule has 0 atom stereocenters. The van der Waals surface area contributed by atoms with Crippen LogP contribution in [0.3, 0.4) is 0 Å². The summed E-state index contributed by atoms with van der Waals surface area (Å²) in [7, 11) is 1.46. The van der Waals surface area contributed by atoms with E-state index >= 15 is 0 Å². The summed E-state index contributed by atoms with van der Waals surface area (Å²) >= 11 is 0. The number of allylic oxidation sites excluding steroid dienone is 2. The van der Waals surface area contributed by atoms with Crippen LogP contribution in [0, 0.1) is 0 Å². The Labute approximate surface area is 151 Å². The third-order valence-electron chi connectivity index (χ3n) is 4.62. The maximum atomic E-state index is 11.0. The molecule has 0 aliphatic rings. The zero-order valence-electron chi connectivity index (χ0n) is 16.5. The first-order valence-corrected chi connectivity index (χ1v) is 10.5. The van der Waals surface area contributed by atoms with Crippen molar-refractivity contribution in [2.75, 3.05) is 7.11 Å². The molecule has 0 heterocycles. The maximum Gasteiger partial charge on any atom is 0.305 e. The molecule has 0 aromatic rings. The Kier molecular flexibility index (Phi) is 19.6. The van der Waals surface area contributed by atoms with Gasteiger partial charge in [-0.3, -0.25) is 4.79 Å². The van der Waals surface area contributed by atoms with Gasteiger partial charge in [-0.25, -0.2) is 0 Å². The molecule has 0 spiro atoms. The summed E-state index contributed by atoms with van der Waals surface area (Å²) in [5.41, 5.74) is 0. The van der Waals surface area contributed by atoms with Crippen molar-refractivity contribution < 1.29 is 9.53 Å². The van der Waals surface area contributed by atoms with Crippen LogP contribution in [0.1, 0.15) is 116 Å². The molecule has 142 valence electrons. The number of ether oxygens (including phenoxy) is 1. The third kappa shape index (κ3) is 19.3. The van der Waals surface area contributed by atoms with E-state index < -0.39 is 0 Å². The van der Waals surface area contributed by atoms with Crippen LogP contribution in [-0.4, -0.2) is 13.1 Å². The van der Waals surface area contributed by atoms with E-state index in [2.05, 4.69) is 23.8 Å². The van der Waals surface area contributed by atoms with Gasteiger partial charge in [0.1, 0.15) is 0 Å². The lowest BCUT2D eigenvalue weighted by molar-refractivity contribution is -0.140. The van der Waals surface area contributed by atoms with Crippen molar-refractivity contribution >= 4 is 5.97 Å². The minimum absolute atomic E-state index is 0.0699. The average molecular weight is 339 g/mol. The maximum absolute atomic E-state index is 11.0. The molecule has 0 saturated carbocycles. The monoisotopic (exact) mass is 338 g/mol. The topological polar surface area (TPSA) is 26.3 Å². The van der Waals surface area contributed by atoms with Gasteiger partial charge < -0.3 is 4.74 Å². The lowest BCUT2D eigenvalue weighted by Gasteiger charge is -2.01. The molecule has 2 nitrogen and oxygen atoms in total. The van der Waals surface area contributed by atoms with E-state index in [0.29, 0.717) is 6.42 Å². The number of hydrogen-bond donors (Lipinski definition) is 0. The molecule has 0 rings (SSSR count). The van der Waals surface area contributed by atoms with Gasteiger partial charge in [-0.2, -0.15) is 0 Å². The van der Waals surface area contributed by atoms with Crippen molar-refractivity contribution in [3.05, 3.63) is 12.2 Å². The first-order chi connectivity index (χ1) is 11.8. The smallest absolute Gasteiger partial charge is 0.305 e. The Balaban J connectivity index is 3.09. The Hall–Kier alpha value is -0.790. The lowest BCUT2D eigenvalue weighted by atomic mass is 10.1. The number of methoxy groups -OCH3 is 1. The summed E-state index contributed by atoms with van der Waals surface area (Å²) in [5, 5.41) is 0. The van der Waals surface area contributed by atoms with Crippen molar-refractivity contribution in [3.8, 4) is 0 Å². The second-order valence-corrected chi connectivity index (χ2v) is 6.97. The summed E-state index contributed by atoms with van der Waals surface area (Å²) < 4.78 is 4.64.